The largest absolute Gasteiger partial charge is 0.201 e. The van der Waals surface area contributed by atoms with Crippen LogP contribution in [0.5, 0.6) is 0 Å². The van der Waals surface area contributed by atoms with Crippen LogP contribution in [-0.4, -0.2) is 5.88 Å². The molecular formula is C2H3Cl2+. The van der Waals surface area contributed by atoms with Crippen LogP contribution < -0.4 is 0 Å². The number of hydrogen-bond donors (Lipinski definition) is 0. The molecule has 0 aliphatic heterocycles. The van der Waals surface area contributed by atoms with Crippen LogP contribution in [0.4, 0.5) is 0 Å². The molecule has 24 valence electrons. The van der Waals surface area contributed by atoms with Gasteiger partial charge >= 0.3 is 0 Å². The molecule has 0 unspecified atom stereocenters. The Morgan fingerprint density at radius 3 is 2.00 bits per heavy atom. The maximum atomic E-state index is 5.00. The van der Waals surface area contributed by atoms with E-state index in [1.54, 1.807) is 0 Å². The van der Waals surface area contributed by atoms with Gasteiger partial charge in [-0.1, -0.05) is 11.6 Å². The number of rotatable bonds is 1. The lowest BCUT2D eigenvalue weighted by Crippen LogP contribution is -1.52. The molecule has 0 rings (SSSR count). The minimum Gasteiger partial charge on any atom is -0.0718 e. The van der Waals surface area contributed by atoms with Gasteiger partial charge in [0.25, 0.3) is 0 Å². The summed E-state index contributed by atoms with van der Waals surface area (Å²) in [5.74, 6) is 1.79. The summed E-state index contributed by atoms with van der Waals surface area (Å²) in [7, 11) is 0. The fourth-order valence-corrected chi connectivity index (χ4v) is 0. The zero-order valence-corrected chi connectivity index (χ0v) is 3.55. The summed E-state index contributed by atoms with van der Waals surface area (Å²) in [5.41, 5.74) is 0. The topological polar surface area (TPSA) is 0 Å². The van der Waals surface area contributed by atoms with E-state index in [0.29, 0.717) is 5.88 Å². The lowest BCUT2D eigenvalue weighted by molar-refractivity contribution is 1.73. The van der Waals surface area contributed by atoms with E-state index in [1.165, 1.54) is 5.88 Å². The molecule has 0 fully saturated rings. The monoisotopic (exact) mass is 97.0 g/mol. The molecule has 0 aromatic heterocycles. The highest BCUT2D eigenvalue weighted by Crippen LogP contribution is 1.83. The molecule has 0 amide bonds. The molecule has 0 saturated carbocycles. The van der Waals surface area contributed by atoms with Crippen molar-refractivity contribution in [1.29, 1.82) is 0 Å². The zero-order chi connectivity index (χ0) is 3.41. The maximum Gasteiger partial charge on any atom is 0.201 e. The van der Waals surface area contributed by atoms with Gasteiger partial charge in [0, 0.05) is 0 Å². The number of alkyl halides is 1. The second-order valence-electron chi connectivity index (χ2n) is 0.309. The van der Waals surface area contributed by atoms with Gasteiger partial charge in [0.2, 0.25) is 5.88 Å². The van der Waals surface area contributed by atoms with E-state index in [0.717, 1.165) is 0 Å². The Kier molecular flexibility index (Phi) is 3.84. The summed E-state index contributed by atoms with van der Waals surface area (Å²) in [6, 6.07) is 0. The molecule has 0 aromatic rings. The molecule has 0 aliphatic rings. The van der Waals surface area contributed by atoms with Gasteiger partial charge in [0.1, 0.15) is 11.6 Å². The van der Waals surface area contributed by atoms with Crippen molar-refractivity contribution in [2.45, 2.75) is 0 Å². The quantitative estimate of drug-likeness (QED) is 0.345. The first-order valence-electron chi connectivity index (χ1n) is 0.894. The third kappa shape index (κ3) is 2.45. The van der Waals surface area contributed by atoms with Crippen molar-refractivity contribution in [1.82, 2.24) is 0 Å². The van der Waals surface area contributed by atoms with Crippen molar-refractivity contribution in [3.05, 3.63) is 5.88 Å². The fourth-order valence-electron chi connectivity index (χ4n) is 0. The summed E-state index contributed by atoms with van der Waals surface area (Å²) in [6.45, 7) is 0. The fraction of sp³-hybridized carbons (Fsp3) is 0.500. The second kappa shape index (κ2) is 3.45. The van der Waals surface area contributed by atoms with Gasteiger partial charge in [-0.3, -0.25) is 0 Å². The SMILES string of the molecule is Cl[CH+]CCl. The third-order valence-corrected chi connectivity index (χ3v) is 0.525. The first-order valence-corrected chi connectivity index (χ1v) is 1.86. The molecule has 4 heavy (non-hydrogen) atoms. The lowest BCUT2D eigenvalue weighted by Gasteiger charge is -1.48. The van der Waals surface area contributed by atoms with Gasteiger partial charge in [0.05, 0.1) is 0 Å². The molecule has 2 heteroatoms. The van der Waals surface area contributed by atoms with Crippen molar-refractivity contribution in [3.63, 3.8) is 0 Å². The second-order valence-corrected chi connectivity index (χ2v) is 0.926. The van der Waals surface area contributed by atoms with E-state index >= 15 is 0 Å². The summed E-state index contributed by atoms with van der Waals surface area (Å²) in [4.78, 5) is 0. The Morgan fingerprint density at radius 1 is 1.75 bits per heavy atom. The minimum atomic E-state index is 0.432. The first kappa shape index (κ1) is 4.45. The van der Waals surface area contributed by atoms with Crippen molar-refractivity contribution < 1.29 is 0 Å². The van der Waals surface area contributed by atoms with Gasteiger partial charge in [-0.25, -0.2) is 0 Å². The Labute approximate surface area is 35.7 Å². The van der Waals surface area contributed by atoms with E-state index < -0.39 is 0 Å². The van der Waals surface area contributed by atoms with E-state index in [2.05, 4.69) is 0 Å². The van der Waals surface area contributed by atoms with Crippen LogP contribution in [0, 0.1) is 5.88 Å². The predicted molar refractivity (Wildman–Crippen MR) is 20.9 cm³/mol. The Balaban J connectivity index is 1.97. The average molecular weight is 98.0 g/mol. The normalized spacial score (nSPS) is 6.50. The molecule has 0 aromatic carbocycles. The standard InChI is InChI=1S/C2H3Cl2/c3-1-2-4/h1H,2H2/q+1. The van der Waals surface area contributed by atoms with E-state index in [-0.39, 0.29) is 0 Å². The van der Waals surface area contributed by atoms with Crippen molar-refractivity contribution >= 4 is 23.2 Å². The molecule has 0 atom stereocenters. The molecule has 0 N–H and O–H groups in total. The number of hydrogen-bond acceptors (Lipinski definition) is 0. The average Bonchev–Trinajstić information content (AvgIpc) is 1.37. The van der Waals surface area contributed by atoms with Crippen LogP contribution in [0.3, 0.4) is 0 Å². The van der Waals surface area contributed by atoms with E-state index in [4.69, 9.17) is 23.2 Å². The first-order chi connectivity index (χ1) is 1.91. The summed E-state index contributed by atoms with van der Waals surface area (Å²) >= 11 is 9.93. The Morgan fingerprint density at radius 2 is 2.00 bits per heavy atom. The smallest absolute Gasteiger partial charge is 0.0718 e. The number of halogens is 2. The van der Waals surface area contributed by atoms with Crippen molar-refractivity contribution in [2.75, 3.05) is 5.88 Å². The van der Waals surface area contributed by atoms with Crippen LogP contribution in [0.15, 0.2) is 0 Å². The maximum absolute atomic E-state index is 5.00. The van der Waals surface area contributed by atoms with E-state index in [9.17, 15) is 0 Å². The highest BCUT2D eigenvalue weighted by Gasteiger charge is 1.77. The molecule has 0 nitrogen and oxygen atoms in total. The Hall–Kier alpha value is 0.450. The van der Waals surface area contributed by atoms with Crippen LogP contribution in [-0.2, 0) is 0 Å². The Bertz CT molecular complexity index is 6.00. The van der Waals surface area contributed by atoms with Crippen LogP contribution >= 0.6 is 23.2 Å². The molecule has 0 radical (unpaired) electrons. The lowest BCUT2D eigenvalue weighted by atomic mass is 11.0. The van der Waals surface area contributed by atoms with Crippen LogP contribution in [0.1, 0.15) is 0 Å². The summed E-state index contributed by atoms with van der Waals surface area (Å²) < 4.78 is 0. The van der Waals surface area contributed by atoms with Gasteiger partial charge in [0.15, 0.2) is 5.88 Å². The molecule has 0 saturated heterocycles. The summed E-state index contributed by atoms with van der Waals surface area (Å²) in [6.07, 6.45) is 0. The van der Waals surface area contributed by atoms with Crippen LogP contribution in [0.2, 0.25) is 0 Å². The minimum absolute atomic E-state index is 0.432. The third-order valence-electron chi connectivity index (χ3n) is 0.0583. The van der Waals surface area contributed by atoms with Gasteiger partial charge in [-0.15, -0.1) is 0 Å². The zero-order valence-electron chi connectivity index (χ0n) is 2.04. The van der Waals surface area contributed by atoms with E-state index in [1.807, 2.05) is 0 Å². The highest BCUT2D eigenvalue weighted by molar-refractivity contribution is 6.30. The highest BCUT2D eigenvalue weighted by atomic mass is 35.5. The van der Waals surface area contributed by atoms with Gasteiger partial charge < -0.3 is 0 Å². The van der Waals surface area contributed by atoms with Gasteiger partial charge in [-0.05, 0) is 0 Å². The molecule has 0 heterocycles. The molecule has 0 aliphatic carbocycles. The predicted octanol–water partition coefficient (Wildman–Crippen LogP) is 1.63. The molecule has 0 bridgehead atoms. The van der Waals surface area contributed by atoms with Crippen molar-refractivity contribution in [3.8, 4) is 0 Å². The summed E-state index contributed by atoms with van der Waals surface area (Å²) in [5, 5.41) is 0. The van der Waals surface area contributed by atoms with Crippen LogP contribution in [0.25, 0.3) is 0 Å². The molecular weight excluding hydrogens is 94.9 g/mol. The van der Waals surface area contributed by atoms with Crippen molar-refractivity contribution in [2.24, 2.45) is 0 Å². The van der Waals surface area contributed by atoms with Gasteiger partial charge in [-0.2, -0.15) is 0 Å². The molecule has 0 spiro atoms.